The Morgan fingerprint density at radius 1 is 1.39 bits per heavy atom. The lowest BCUT2D eigenvalue weighted by atomic mass is 10.1. The van der Waals surface area contributed by atoms with Crippen LogP contribution in [0.2, 0.25) is 0 Å². The van der Waals surface area contributed by atoms with Crippen molar-refractivity contribution in [1.29, 1.82) is 0 Å². The smallest absolute Gasteiger partial charge is 0.188 e. The van der Waals surface area contributed by atoms with Crippen LogP contribution in [0.5, 0.6) is 11.5 Å². The molecule has 1 aromatic carbocycles. The van der Waals surface area contributed by atoms with Gasteiger partial charge in [0, 0.05) is 11.9 Å². The molecule has 0 N–H and O–H groups in total. The van der Waals surface area contributed by atoms with Crippen molar-refractivity contribution in [2.45, 2.75) is 6.42 Å². The largest absolute Gasteiger partial charge is 0.493 e. The van der Waals surface area contributed by atoms with Crippen molar-refractivity contribution in [2.75, 3.05) is 26.1 Å². The van der Waals surface area contributed by atoms with E-state index < -0.39 is 0 Å². The fourth-order valence-electron chi connectivity index (χ4n) is 1.63. The maximum atomic E-state index is 11.7. The zero-order chi connectivity index (χ0) is 13.0. The molecule has 0 aromatic heterocycles. The normalized spacial score (nSPS) is 13.3. The van der Waals surface area contributed by atoms with Gasteiger partial charge in [-0.3, -0.25) is 4.79 Å². The molecular formula is C12H13ClN2O3. The first kappa shape index (κ1) is 12.8. The Kier molecular flexibility index (Phi) is 4.15. The summed E-state index contributed by atoms with van der Waals surface area (Å²) in [5, 5.41) is 7.70. The predicted molar refractivity (Wildman–Crippen MR) is 67.5 cm³/mol. The number of Topliss-reactive ketones (excluding diaryl/α,β-unsaturated/α-hetero) is 1. The summed E-state index contributed by atoms with van der Waals surface area (Å²) >= 11 is 5.59. The number of azo groups is 1. The van der Waals surface area contributed by atoms with E-state index in [4.69, 9.17) is 21.1 Å². The predicted octanol–water partition coefficient (Wildman–Crippen LogP) is 2.98. The standard InChI is InChI=1S/C12H13ClN2O3/c1-17-11-5-8-9(15-14-7-10(8)16)6-12(11)18-4-2-3-13/h5-6H,2-4,7H2,1H3. The third-order valence-corrected chi connectivity index (χ3v) is 2.78. The van der Waals surface area contributed by atoms with E-state index in [9.17, 15) is 4.79 Å². The van der Waals surface area contributed by atoms with Gasteiger partial charge >= 0.3 is 0 Å². The zero-order valence-electron chi connectivity index (χ0n) is 9.98. The summed E-state index contributed by atoms with van der Waals surface area (Å²) in [5.74, 6) is 1.54. The molecule has 1 aliphatic heterocycles. The molecule has 0 saturated heterocycles. The van der Waals surface area contributed by atoms with Crippen molar-refractivity contribution in [3.05, 3.63) is 17.7 Å². The van der Waals surface area contributed by atoms with Gasteiger partial charge in [0.05, 0.1) is 19.3 Å². The van der Waals surface area contributed by atoms with Gasteiger partial charge in [-0.05, 0) is 12.5 Å². The van der Waals surface area contributed by atoms with Crippen LogP contribution in [0.25, 0.3) is 0 Å². The quantitative estimate of drug-likeness (QED) is 0.609. The summed E-state index contributed by atoms with van der Waals surface area (Å²) in [6.07, 6.45) is 0.738. The summed E-state index contributed by atoms with van der Waals surface area (Å²) in [4.78, 5) is 11.7. The molecule has 1 aromatic rings. The highest BCUT2D eigenvalue weighted by Crippen LogP contribution is 2.36. The average molecular weight is 269 g/mol. The molecule has 0 fully saturated rings. The first-order valence-corrected chi connectivity index (χ1v) is 6.11. The van der Waals surface area contributed by atoms with Crippen LogP contribution in [0.15, 0.2) is 22.4 Å². The van der Waals surface area contributed by atoms with E-state index in [0.717, 1.165) is 6.42 Å². The van der Waals surface area contributed by atoms with Gasteiger partial charge in [-0.2, -0.15) is 10.2 Å². The summed E-state index contributed by atoms with van der Waals surface area (Å²) < 4.78 is 10.8. The fourth-order valence-corrected chi connectivity index (χ4v) is 1.73. The summed E-state index contributed by atoms with van der Waals surface area (Å²) in [7, 11) is 1.53. The van der Waals surface area contributed by atoms with Crippen LogP contribution in [-0.2, 0) is 0 Å². The molecule has 0 atom stereocenters. The number of methoxy groups -OCH3 is 1. The average Bonchev–Trinajstić information content (AvgIpc) is 2.39. The van der Waals surface area contributed by atoms with Gasteiger partial charge < -0.3 is 9.47 Å². The third kappa shape index (κ3) is 2.61. The molecule has 0 bridgehead atoms. The highest BCUT2D eigenvalue weighted by Gasteiger charge is 2.19. The van der Waals surface area contributed by atoms with E-state index in [2.05, 4.69) is 10.2 Å². The molecule has 0 spiro atoms. The van der Waals surface area contributed by atoms with E-state index in [1.54, 1.807) is 12.1 Å². The maximum absolute atomic E-state index is 11.7. The second kappa shape index (κ2) is 5.82. The number of alkyl halides is 1. The lowest BCUT2D eigenvalue weighted by molar-refractivity contribution is 0.0997. The lowest BCUT2D eigenvalue weighted by Gasteiger charge is -2.14. The minimum absolute atomic E-state index is 0.0643. The molecule has 1 heterocycles. The number of halogens is 1. The Morgan fingerprint density at radius 3 is 2.94 bits per heavy atom. The highest BCUT2D eigenvalue weighted by atomic mass is 35.5. The Balaban J connectivity index is 2.30. The van der Waals surface area contributed by atoms with Gasteiger partial charge in [0.15, 0.2) is 17.3 Å². The molecule has 0 aliphatic carbocycles. The molecule has 18 heavy (non-hydrogen) atoms. The number of hydrogen-bond acceptors (Lipinski definition) is 5. The second-order valence-electron chi connectivity index (χ2n) is 3.73. The van der Waals surface area contributed by atoms with Crippen LogP contribution in [0.4, 0.5) is 5.69 Å². The number of hydrogen-bond donors (Lipinski definition) is 0. The Bertz CT molecular complexity index is 488. The third-order valence-electron chi connectivity index (χ3n) is 2.51. The molecule has 6 heteroatoms. The van der Waals surface area contributed by atoms with E-state index in [1.165, 1.54) is 7.11 Å². The van der Waals surface area contributed by atoms with Crippen molar-refractivity contribution in [3.63, 3.8) is 0 Å². The molecular weight excluding hydrogens is 256 g/mol. The number of ether oxygens (including phenoxy) is 2. The summed E-state index contributed by atoms with van der Waals surface area (Å²) in [6.45, 7) is 0.576. The Hall–Kier alpha value is -1.62. The fraction of sp³-hybridized carbons (Fsp3) is 0.417. The van der Waals surface area contributed by atoms with E-state index in [-0.39, 0.29) is 12.3 Å². The molecule has 5 nitrogen and oxygen atoms in total. The SMILES string of the molecule is COc1cc2c(cc1OCCCCl)N=NCC2=O. The number of carbonyl (C=O) groups is 1. The van der Waals surface area contributed by atoms with Gasteiger partial charge in [0.2, 0.25) is 0 Å². The van der Waals surface area contributed by atoms with Gasteiger partial charge in [0.25, 0.3) is 0 Å². The number of rotatable bonds is 5. The van der Waals surface area contributed by atoms with Crippen LogP contribution in [0.3, 0.4) is 0 Å². The number of nitrogens with zero attached hydrogens (tertiary/aromatic N) is 2. The van der Waals surface area contributed by atoms with Crippen LogP contribution >= 0.6 is 11.6 Å². The number of carbonyl (C=O) groups excluding carboxylic acids is 1. The number of fused-ring (bicyclic) bond motifs is 1. The first-order chi connectivity index (χ1) is 8.76. The minimum atomic E-state index is -0.0643. The molecule has 0 saturated carbocycles. The number of ketones is 1. The van der Waals surface area contributed by atoms with E-state index in [0.29, 0.717) is 35.2 Å². The van der Waals surface area contributed by atoms with E-state index >= 15 is 0 Å². The summed E-state index contributed by atoms with van der Waals surface area (Å²) in [5.41, 5.74) is 1.04. The molecule has 96 valence electrons. The minimum Gasteiger partial charge on any atom is -0.493 e. The van der Waals surface area contributed by atoms with Crippen molar-refractivity contribution in [1.82, 2.24) is 0 Å². The maximum Gasteiger partial charge on any atom is 0.188 e. The molecule has 0 radical (unpaired) electrons. The monoisotopic (exact) mass is 268 g/mol. The van der Waals surface area contributed by atoms with Gasteiger partial charge in [-0.1, -0.05) is 0 Å². The molecule has 2 rings (SSSR count). The highest BCUT2D eigenvalue weighted by molar-refractivity contribution is 6.17. The van der Waals surface area contributed by atoms with Crippen molar-refractivity contribution in [3.8, 4) is 11.5 Å². The van der Waals surface area contributed by atoms with Crippen LogP contribution < -0.4 is 9.47 Å². The van der Waals surface area contributed by atoms with Crippen LogP contribution in [0.1, 0.15) is 16.8 Å². The zero-order valence-corrected chi connectivity index (χ0v) is 10.7. The summed E-state index contributed by atoms with van der Waals surface area (Å²) in [6, 6.07) is 3.31. The molecule has 0 amide bonds. The van der Waals surface area contributed by atoms with Crippen molar-refractivity contribution >= 4 is 23.1 Å². The van der Waals surface area contributed by atoms with Gasteiger partial charge in [-0.25, -0.2) is 0 Å². The van der Waals surface area contributed by atoms with E-state index in [1.807, 2.05) is 0 Å². The lowest BCUT2D eigenvalue weighted by Crippen LogP contribution is -2.08. The first-order valence-electron chi connectivity index (χ1n) is 5.57. The van der Waals surface area contributed by atoms with Crippen LogP contribution in [0, 0.1) is 0 Å². The molecule has 0 unspecified atom stereocenters. The molecule has 1 aliphatic rings. The second-order valence-corrected chi connectivity index (χ2v) is 4.11. The van der Waals surface area contributed by atoms with Gasteiger partial charge in [-0.15, -0.1) is 11.6 Å². The Labute approximate surface area is 110 Å². The van der Waals surface area contributed by atoms with Crippen molar-refractivity contribution in [2.24, 2.45) is 10.2 Å². The van der Waals surface area contributed by atoms with Crippen molar-refractivity contribution < 1.29 is 14.3 Å². The topological polar surface area (TPSA) is 60.2 Å². The van der Waals surface area contributed by atoms with Crippen LogP contribution in [-0.4, -0.2) is 31.9 Å². The number of benzene rings is 1. The van der Waals surface area contributed by atoms with Gasteiger partial charge in [0.1, 0.15) is 12.2 Å². The Morgan fingerprint density at radius 2 is 2.22 bits per heavy atom.